The molecule has 1 aliphatic carbocycles. The predicted octanol–water partition coefficient (Wildman–Crippen LogP) is 3.38. The van der Waals surface area contributed by atoms with Crippen molar-refractivity contribution in [1.82, 2.24) is 10.6 Å². The third-order valence-electron chi connectivity index (χ3n) is 4.34. The van der Waals surface area contributed by atoms with Crippen LogP contribution >= 0.6 is 0 Å². The lowest BCUT2D eigenvalue weighted by Gasteiger charge is -2.18. The summed E-state index contributed by atoms with van der Waals surface area (Å²) in [7, 11) is 0. The lowest BCUT2D eigenvalue weighted by Crippen LogP contribution is -2.31. The molecule has 4 heteroatoms. The van der Waals surface area contributed by atoms with Crippen LogP contribution in [-0.4, -0.2) is 24.9 Å². The van der Waals surface area contributed by atoms with Crippen LogP contribution in [0.3, 0.4) is 0 Å². The van der Waals surface area contributed by atoms with Crippen molar-refractivity contribution in [3.8, 4) is 0 Å². The van der Waals surface area contributed by atoms with Gasteiger partial charge in [-0.25, -0.2) is 0 Å². The van der Waals surface area contributed by atoms with Gasteiger partial charge in [0.1, 0.15) is 0 Å². The summed E-state index contributed by atoms with van der Waals surface area (Å²) in [5, 5.41) is 5.88. The summed E-state index contributed by atoms with van der Waals surface area (Å²) < 4.78 is 0. The maximum atomic E-state index is 12.4. The van der Waals surface area contributed by atoms with Crippen LogP contribution in [0.1, 0.15) is 67.2 Å². The summed E-state index contributed by atoms with van der Waals surface area (Å²) in [6.45, 7) is 7.83. The lowest BCUT2D eigenvalue weighted by molar-refractivity contribution is 0.0942. The van der Waals surface area contributed by atoms with Crippen molar-refractivity contribution < 1.29 is 9.59 Å². The molecule has 1 aromatic rings. The molecule has 0 aromatic heterocycles. The Morgan fingerprint density at radius 3 is 2.26 bits per heavy atom. The highest BCUT2D eigenvalue weighted by Crippen LogP contribution is 2.50. The maximum absolute atomic E-state index is 12.4. The minimum Gasteiger partial charge on any atom is -0.352 e. The van der Waals surface area contributed by atoms with Crippen molar-refractivity contribution in [1.29, 1.82) is 0 Å². The van der Waals surface area contributed by atoms with Gasteiger partial charge in [0.2, 0.25) is 0 Å². The summed E-state index contributed by atoms with van der Waals surface area (Å²) in [6.07, 6.45) is 4.45. The van der Waals surface area contributed by atoms with E-state index in [9.17, 15) is 9.59 Å². The van der Waals surface area contributed by atoms with Gasteiger partial charge in [-0.05, 0) is 55.2 Å². The van der Waals surface area contributed by atoms with E-state index in [0.29, 0.717) is 29.0 Å². The third kappa shape index (κ3) is 5.08. The van der Waals surface area contributed by atoms with Gasteiger partial charge in [-0.2, -0.15) is 0 Å². The number of hydrogen-bond acceptors (Lipinski definition) is 2. The number of amides is 2. The minimum absolute atomic E-state index is 0.0924. The highest BCUT2D eigenvalue weighted by atomic mass is 16.2. The zero-order chi connectivity index (χ0) is 16.9. The molecular formula is C19H28N2O2. The fourth-order valence-corrected chi connectivity index (χ4v) is 3.01. The molecule has 0 heterocycles. The van der Waals surface area contributed by atoms with Crippen molar-refractivity contribution in [2.75, 3.05) is 13.1 Å². The van der Waals surface area contributed by atoms with Crippen LogP contribution in [0.15, 0.2) is 24.3 Å². The van der Waals surface area contributed by atoms with Gasteiger partial charge in [-0.15, -0.1) is 0 Å². The van der Waals surface area contributed by atoms with Gasteiger partial charge in [0.15, 0.2) is 0 Å². The first kappa shape index (κ1) is 17.5. The summed E-state index contributed by atoms with van der Waals surface area (Å²) in [5.74, 6) is 0.435. The molecule has 0 atom stereocenters. The Balaban J connectivity index is 1.93. The Morgan fingerprint density at radius 1 is 1.13 bits per heavy atom. The van der Waals surface area contributed by atoms with Gasteiger partial charge in [-0.3, -0.25) is 9.59 Å². The fourth-order valence-electron chi connectivity index (χ4n) is 3.01. The number of benzene rings is 1. The standard InChI is InChI=1S/C19H28N2O2/c1-4-10-20-17(22)15-6-5-7-16(11-15)18(23)21-13-19(8-9-19)12-14(2)3/h5-7,11,14H,4,8-10,12-13H2,1-3H3,(H,20,22)(H,21,23). The van der Waals surface area contributed by atoms with E-state index in [4.69, 9.17) is 0 Å². The molecule has 4 nitrogen and oxygen atoms in total. The fraction of sp³-hybridized carbons (Fsp3) is 0.579. The average molecular weight is 316 g/mol. The largest absolute Gasteiger partial charge is 0.352 e. The van der Waals surface area contributed by atoms with Crippen molar-refractivity contribution >= 4 is 11.8 Å². The number of nitrogens with one attached hydrogen (secondary N) is 2. The minimum atomic E-state index is -0.125. The molecule has 0 unspecified atom stereocenters. The molecule has 0 saturated heterocycles. The first-order chi connectivity index (χ1) is 11.0. The third-order valence-corrected chi connectivity index (χ3v) is 4.34. The van der Waals surface area contributed by atoms with Crippen LogP contribution in [0.4, 0.5) is 0 Å². The molecule has 2 N–H and O–H groups in total. The lowest BCUT2D eigenvalue weighted by atomic mass is 9.94. The number of carbonyl (C=O) groups excluding carboxylic acids is 2. The molecule has 0 radical (unpaired) electrons. The molecule has 126 valence electrons. The number of carbonyl (C=O) groups is 2. The van der Waals surface area contributed by atoms with Crippen LogP contribution in [0.2, 0.25) is 0 Å². The molecule has 1 saturated carbocycles. The summed E-state index contributed by atoms with van der Waals surface area (Å²) in [5.41, 5.74) is 1.39. The van der Waals surface area contributed by atoms with Gasteiger partial charge in [0.25, 0.3) is 11.8 Å². The van der Waals surface area contributed by atoms with E-state index in [1.54, 1.807) is 24.3 Å². The van der Waals surface area contributed by atoms with Gasteiger partial charge >= 0.3 is 0 Å². The van der Waals surface area contributed by atoms with E-state index in [2.05, 4.69) is 24.5 Å². The van der Waals surface area contributed by atoms with Crippen molar-refractivity contribution in [3.63, 3.8) is 0 Å². The molecule has 1 aromatic carbocycles. The van der Waals surface area contributed by atoms with E-state index in [1.807, 2.05) is 6.92 Å². The van der Waals surface area contributed by atoms with Crippen molar-refractivity contribution in [2.45, 2.75) is 46.5 Å². The Labute approximate surface area is 139 Å². The Morgan fingerprint density at radius 2 is 1.74 bits per heavy atom. The average Bonchev–Trinajstić information content (AvgIpc) is 3.29. The van der Waals surface area contributed by atoms with Gasteiger partial charge in [0, 0.05) is 24.2 Å². The smallest absolute Gasteiger partial charge is 0.251 e. The van der Waals surface area contributed by atoms with E-state index in [-0.39, 0.29) is 11.8 Å². The number of hydrogen-bond donors (Lipinski definition) is 2. The van der Waals surface area contributed by atoms with Crippen LogP contribution in [0, 0.1) is 11.3 Å². The summed E-state index contributed by atoms with van der Waals surface area (Å²) in [6, 6.07) is 6.93. The Kier molecular flexibility index (Phi) is 5.80. The normalized spacial score (nSPS) is 15.3. The molecule has 0 spiro atoms. The second-order valence-electron chi connectivity index (χ2n) is 7.12. The molecule has 23 heavy (non-hydrogen) atoms. The van der Waals surface area contributed by atoms with Crippen LogP contribution < -0.4 is 10.6 Å². The van der Waals surface area contributed by atoms with E-state index < -0.39 is 0 Å². The van der Waals surface area contributed by atoms with Crippen molar-refractivity contribution in [2.24, 2.45) is 11.3 Å². The highest BCUT2D eigenvalue weighted by molar-refractivity contribution is 5.99. The first-order valence-corrected chi connectivity index (χ1v) is 8.62. The van der Waals surface area contributed by atoms with Gasteiger partial charge < -0.3 is 10.6 Å². The second-order valence-corrected chi connectivity index (χ2v) is 7.12. The Bertz CT molecular complexity index is 562. The first-order valence-electron chi connectivity index (χ1n) is 8.62. The highest BCUT2D eigenvalue weighted by Gasteiger charge is 2.42. The Hall–Kier alpha value is -1.84. The van der Waals surface area contributed by atoms with E-state index in [1.165, 1.54) is 12.8 Å². The molecule has 1 fully saturated rings. The zero-order valence-corrected chi connectivity index (χ0v) is 14.4. The molecular weight excluding hydrogens is 288 g/mol. The maximum Gasteiger partial charge on any atom is 0.251 e. The van der Waals surface area contributed by atoms with Crippen molar-refractivity contribution in [3.05, 3.63) is 35.4 Å². The van der Waals surface area contributed by atoms with E-state index >= 15 is 0 Å². The van der Waals surface area contributed by atoms with Crippen LogP contribution in [0.5, 0.6) is 0 Å². The van der Waals surface area contributed by atoms with Crippen LogP contribution in [-0.2, 0) is 0 Å². The topological polar surface area (TPSA) is 58.2 Å². The molecule has 2 amide bonds. The number of rotatable bonds is 8. The second kappa shape index (κ2) is 7.62. The monoisotopic (exact) mass is 316 g/mol. The predicted molar refractivity (Wildman–Crippen MR) is 92.5 cm³/mol. The quantitative estimate of drug-likeness (QED) is 0.772. The SMILES string of the molecule is CCCNC(=O)c1cccc(C(=O)NCC2(CC(C)C)CC2)c1. The molecule has 0 bridgehead atoms. The molecule has 0 aliphatic heterocycles. The molecule has 2 rings (SSSR count). The zero-order valence-electron chi connectivity index (χ0n) is 14.4. The van der Waals surface area contributed by atoms with Gasteiger partial charge in [-0.1, -0.05) is 26.8 Å². The van der Waals surface area contributed by atoms with Crippen LogP contribution in [0.25, 0.3) is 0 Å². The summed E-state index contributed by atoms with van der Waals surface area (Å²) >= 11 is 0. The van der Waals surface area contributed by atoms with Gasteiger partial charge in [0.05, 0.1) is 0 Å². The van der Waals surface area contributed by atoms with E-state index in [0.717, 1.165) is 19.4 Å². The molecule has 1 aliphatic rings. The summed E-state index contributed by atoms with van der Waals surface area (Å²) in [4.78, 5) is 24.3.